The third kappa shape index (κ3) is 1.74. The van der Waals surface area contributed by atoms with Crippen LogP contribution < -0.4 is 0 Å². The van der Waals surface area contributed by atoms with Crippen molar-refractivity contribution < 1.29 is 18.4 Å². The molecule has 0 saturated carbocycles. The van der Waals surface area contributed by atoms with E-state index < -0.39 is 11.6 Å². The summed E-state index contributed by atoms with van der Waals surface area (Å²) >= 11 is 5.84. The van der Waals surface area contributed by atoms with E-state index in [4.69, 9.17) is 16.1 Å². The summed E-state index contributed by atoms with van der Waals surface area (Å²) in [7, 11) is 0. The summed E-state index contributed by atoms with van der Waals surface area (Å²) in [4.78, 5) is 0. The fourth-order valence-electron chi connectivity index (χ4n) is 1.87. The van der Waals surface area contributed by atoms with E-state index in [-0.39, 0.29) is 27.6 Å². The van der Waals surface area contributed by atoms with Gasteiger partial charge in [0.2, 0.25) is 0 Å². The Morgan fingerprint density at radius 2 is 1.79 bits per heavy atom. The summed E-state index contributed by atoms with van der Waals surface area (Å²) in [6.45, 7) is 0. The van der Waals surface area contributed by atoms with Gasteiger partial charge in [0.15, 0.2) is 5.58 Å². The van der Waals surface area contributed by atoms with Gasteiger partial charge in [-0.2, -0.15) is 0 Å². The highest BCUT2D eigenvalue weighted by molar-refractivity contribution is 6.36. The number of phenols is 1. The Labute approximate surface area is 111 Å². The van der Waals surface area contributed by atoms with Crippen LogP contribution in [0.3, 0.4) is 0 Å². The van der Waals surface area contributed by atoms with Gasteiger partial charge in [0, 0.05) is 0 Å². The van der Waals surface area contributed by atoms with Crippen molar-refractivity contribution in [3.05, 3.63) is 47.0 Å². The Bertz CT molecular complexity index is 765. The zero-order valence-corrected chi connectivity index (χ0v) is 10.1. The van der Waals surface area contributed by atoms with Crippen molar-refractivity contribution in [2.24, 2.45) is 0 Å². The number of nitrogens with zero attached hydrogens (tertiary/aromatic N) is 1. The van der Waals surface area contributed by atoms with E-state index in [0.29, 0.717) is 5.39 Å². The molecule has 0 aliphatic heterocycles. The first-order chi connectivity index (χ1) is 9.09. The van der Waals surface area contributed by atoms with Gasteiger partial charge in [-0.15, -0.1) is 0 Å². The lowest BCUT2D eigenvalue weighted by molar-refractivity contribution is 0.450. The van der Waals surface area contributed by atoms with Crippen molar-refractivity contribution in [3.63, 3.8) is 0 Å². The lowest BCUT2D eigenvalue weighted by Gasteiger charge is -2.01. The molecule has 0 atom stereocenters. The van der Waals surface area contributed by atoms with Gasteiger partial charge < -0.3 is 9.63 Å². The minimum absolute atomic E-state index is 0.00694. The van der Waals surface area contributed by atoms with Gasteiger partial charge in [0.25, 0.3) is 0 Å². The normalized spacial score (nSPS) is 11.1. The van der Waals surface area contributed by atoms with Gasteiger partial charge >= 0.3 is 0 Å². The van der Waals surface area contributed by atoms with Gasteiger partial charge in [0.1, 0.15) is 28.1 Å². The van der Waals surface area contributed by atoms with Crippen LogP contribution in [0, 0.1) is 11.6 Å². The molecule has 19 heavy (non-hydrogen) atoms. The number of hydrogen-bond acceptors (Lipinski definition) is 3. The molecule has 0 bridgehead atoms. The van der Waals surface area contributed by atoms with Crippen molar-refractivity contribution in [3.8, 4) is 17.0 Å². The van der Waals surface area contributed by atoms with E-state index in [1.165, 1.54) is 18.2 Å². The molecule has 0 aliphatic rings. The van der Waals surface area contributed by atoms with Gasteiger partial charge in [0.05, 0.1) is 10.9 Å². The third-order valence-corrected chi connectivity index (χ3v) is 3.12. The zero-order valence-electron chi connectivity index (χ0n) is 9.32. The molecule has 0 fully saturated rings. The molecule has 1 N–H and O–H groups in total. The number of aromatic nitrogens is 1. The van der Waals surface area contributed by atoms with Crippen molar-refractivity contribution >= 4 is 22.6 Å². The van der Waals surface area contributed by atoms with E-state index in [1.54, 1.807) is 0 Å². The van der Waals surface area contributed by atoms with Gasteiger partial charge in [-0.3, -0.25) is 0 Å². The van der Waals surface area contributed by atoms with Crippen molar-refractivity contribution in [2.75, 3.05) is 0 Å². The molecule has 0 spiro atoms. The summed E-state index contributed by atoms with van der Waals surface area (Å²) in [5.74, 6) is -1.69. The smallest absolute Gasteiger partial charge is 0.189 e. The van der Waals surface area contributed by atoms with E-state index in [9.17, 15) is 13.9 Å². The summed E-state index contributed by atoms with van der Waals surface area (Å²) in [5.41, 5.74) is -0.199. The molecule has 0 unspecified atom stereocenters. The second-order valence-electron chi connectivity index (χ2n) is 3.90. The van der Waals surface area contributed by atoms with Crippen LogP contribution in [-0.2, 0) is 0 Å². The van der Waals surface area contributed by atoms with Crippen LogP contribution in [0.4, 0.5) is 8.78 Å². The fraction of sp³-hybridized carbons (Fsp3) is 0. The number of halogens is 3. The molecule has 0 saturated heterocycles. The van der Waals surface area contributed by atoms with E-state index in [1.807, 2.05) is 0 Å². The summed E-state index contributed by atoms with van der Waals surface area (Å²) in [6, 6.07) is 6.26. The first-order valence-electron chi connectivity index (χ1n) is 5.31. The minimum atomic E-state index is -0.751. The Hall–Kier alpha value is -2.14. The lowest BCUT2D eigenvalue weighted by atomic mass is 10.1. The van der Waals surface area contributed by atoms with Gasteiger partial charge in [-0.05, 0) is 24.3 Å². The van der Waals surface area contributed by atoms with Crippen LogP contribution in [0.5, 0.6) is 5.75 Å². The standard InChI is InChI=1S/C13H6ClF2NO2/c14-11-9(18)5-4-6-12(17-19-13(6)11)10-7(15)2-1-3-8(10)16/h1-5,18H. The van der Waals surface area contributed by atoms with Crippen LogP contribution in [0.1, 0.15) is 0 Å². The molecule has 3 rings (SSSR count). The maximum Gasteiger partial charge on any atom is 0.189 e. The SMILES string of the molecule is Oc1ccc2c(-c3c(F)cccc3F)noc2c1Cl. The second kappa shape index (κ2) is 4.20. The zero-order chi connectivity index (χ0) is 13.6. The third-order valence-electron chi connectivity index (χ3n) is 2.76. The molecular formula is C13H6ClF2NO2. The molecule has 0 radical (unpaired) electrons. The monoisotopic (exact) mass is 281 g/mol. The van der Waals surface area contributed by atoms with Crippen LogP contribution in [0.15, 0.2) is 34.9 Å². The van der Waals surface area contributed by atoms with Crippen LogP contribution >= 0.6 is 11.6 Å². The Kier molecular flexibility index (Phi) is 2.64. The molecular weight excluding hydrogens is 276 g/mol. The first-order valence-corrected chi connectivity index (χ1v) is 5.68. The maximum atomic E-state index is 13.7. The fourth-order valence-corrected chi connectivity index (χ4v) is 2.07. The van der Waals surface area contributed by atoms with Gasteiger partial charge in [-0.1, -0.05) is 22.8 Å². The number of phenolic OH excluding ortho intramolecular Hbond substituents is 1. The average molecular weight is 282 g/mol. The first kappa shape index (κ1) is 11.9. The number of rotatable bonds is 1. The van der Waals surface area contributed by atoms with Crippen LogP contribution in [0.2, 0.25) is 5.02 Å². The Balaban J connectivity index is 2.36. The summed E-state index contributed by atoms with van der Waals surface area (Å²) in [6.07, 6.45) is 0. The number of benzene rings is 2. The van der Waals surface area contributed by atoms with E-state index >= 15 is 0 Å². The summed E-state index contributed by atoms with van der Waals surface area (Å²) in [5, 5.41) is 13.4. The Morgan fingerprint density at radius 3 is 2.47 bits per heavy atom. The molecule has 1 heterocycles. The second-order valence-corrected chi connectivity index (χ2v) is 4.28. The van der Waals surface area contributed by atoms with Gasteiger partial charge in [-0.25, -0.2) is 8.78 Å². The minimum Gasteiger partial charge on any atom is -0.506 e. The number of fused-ring (bicyclic) bond motifs is 1. The van der Waals surface area contributed by atoms with Crippen LogP contribution in [0.25, 0.3) is 22.2 Å². The lowest BCUT2D eigenvalue weighted by Crippen LogP contribution is -1.89. The van der Waals surface area contributed by atoms with Crippen LogP contribution in [-0.4, -0.2) is 10.3 Å². The van der Waals surface area contributed by atoms with Crippen molar-refractivity contribution in [1.29, 1.82) is 0 Å². The molecule has 2 aromatic carbocycles. The highest BCUT2D eigenvalue weighted by Crippen LogP contribution is 2.38. The molecule has 96 valence electrons. The van der Waals surface area contributed by atoms with E-state index in [0.717, 1.165) is 12.1 Å². The summed E-state index contributed by atoms with van der Waals surface area (Å²) < 4.78 is 32.4. The molecule has 0 aliphatic carbocycles. The number of hydrogen-bond donors (Lipinski definition) is 1. The highest BCUT2D eigenvalue weighted by Gasteiger charge is 2.20. The topological polar surface area (TPSA) is 46.3 Å². The highest BCUT2D eigenvalue weighted by atomic mass is 35.5. The van der Waals surface area contributed by atoms with Crippen molar-refractivity contribution in [1.82, 2.24) is 5.16 Å². The molecule has 0 amide bonds. The predicted octanol–water partition coefficient (Wildman–Crippen LogP) is 4.13. The quantitative estimate of drug-likeness (QED) is 0.729. The molecule has 3 nitrogen and oxygen atoms in total. The van der Waals surface area contributed by atoms with Crippen molar-refractivity contribution in [2.45, 2.75) is 0 Å². The largest absolute Gasteiger partial charge is 0.506 e. The Morgan fingerprint density at radius 1 is 1.11 bits per heavy atom. The van der Waals surface area contributed by atoms with E-state index in [2.05, 4.69) is 5.16 Å². The molecule has 6 heteroatoms. The molecule has 1 aromatic heterocycles. The molecule has 3 aromatic rings. The predicted molar refractivity (Wildman–Crippen MR) is 66.0 cm³/mol. The number of aromatic hydroxyl groups is 1. The average Bonchev–Trinajstić information content (AvgIpc) is 2.78. The maximum absolute atomic E-state index is 13.7.